The average molecular weight is 282 g/mol. The number of nitrogens with one attached hydrogen (secondary N) is 1. The lowest BCUT2D eigenvalue weighted by Crippen LogP contribution is -2.40. The second-order valence-electron chi connectivity index (χ2n) is 4.71. The molecule has 1 aromatic carbocycles. The predicted octanol–water partition coefficient (Wildman–Crippen LogP) is 3.18. The monoisotopic (exact) mass is 282 g/mol. The van der Waals surface area contributed by atoms with Crippen LogP contribution in [-0.2, 0) is 0 Å². The van der Waals surface area contributed by atoms with Crippen molar-refractivity contribution < 1.29 is 19.1 Å². The smallest absolute Gasteiger partial charge is 0.337 e. The molecule has 1 aromatic rings. The van der Waals surface area contributed by atoms with Gasteiger partial charge in [-0.15, -0.1) is 0 Å². The molecular weight excluding hydrogens is 263 g/mol. The summed E-state index contributed by atoms with van der Waals surface area (Å²) < 4.78 is 13.1. The molecule has 0 fully saturated rings. The second kappa shape index (κ2) is 6.88. The van der Waals surface area contributed by atoms with Crippen molar-refractivity contribution in [3.8, 4) is 0 Å². The molecular formula is C14H19FN2O3. The van der Waals surface area contributed by atoms with Crippen molar-refractivity contribution in [1.29, 1.82) is 0 Å². The zero-order chi connectivity index (χ0) is 15.3. The van der Waals surface area contributed by atoms with E-state index >= 15 is 0 Å². The summed E-state index contributed by atoms with van der Waals surface area (Å²) in [5.41, 5.74) is -0.177. The Hall–Kier alpha value is -2.11. The predicted molar refractivity (Wildman–Crippen MR) is 74.5 cm³/mol. The molecule has 0 aliphatic carbocycles. The van der Waals surface area contributed by atoms with Crippen molar-refractivity contribution in [3.05, 3.63) is 29.6 Å². The third-order valence-corrected chi connectivity index (χ3v) is 2.80. The first-order valence-corrected chi connectivity index (χ1v) is 6.47. The fraction of sp³-hybridized carbons (Fsp3) is 0.429. The summed E-state index contributed by atoms with van der Waals surface area (Å²) in [6, 6.07) is 2.85. The standard InChI is InChI=1S/C14H19FN2O3/c1-4-7-17(9(2)3)14(20)16-12-6-5-10(15)8-11(12)13(18)19/h5-6,8-9H,4,7H2,1-3H3,(H,16,20)(H,18,19). The largest absolute Gasteiger partial charge is 0.478 e. The number of carboxylic acids is 1. The maximum Gasteiger partial charge on any atom is 0.337 e. The number of benzene rings is 1. The van der Waals surface area contributed by atoms with Crippen LogP contribution in [0.3, 0.4) is 0 Å². The maximum absolute atomic E-state index is 13.1. The summed E-state index contributed by atoms with van der Waals surface area (Å²) in [7, 11) is 0. The van der Waals surface area contributed by atoms with Crippen LogP contribution in [0.5, 0.6) is 0 Å². The van der Waals surface area contributed by atoms with Gasteiger partial charge in [0.05, 0.1) is 11.3 Å². The normalized spacial score (nSPS) is 10.4. The number of hydrogen-bond acceptors (Lipinski definition) is 2. The Balaban J connectivity index is 2.97. The molecule has 2 N–H and O–H groups in total. The van der Waals surface area contributed by atoms with Gasteiger partial charge in [-0.25, -0.2) is 14.0 Å². The van der Waals surface area contributed by atoms with Crippen LogP contribution < -0.4 is 5.32 Å². The number of aromatic carboxylic acids is 1. The van der Waals surface area contributed by atoms with E-state index in [1.807, 2.05) is 20.8 Å². The summed E-state index contributed by atoms with van der Waals surface area (Å²) in [4.78, 5) is 24.8. The van der Waals surface area contributed by atoms with Crippen LogP contribution in [0, 0.1) is 5.82 Å². The quantitative estimate of drug-likeness (QED) is 0.871. The average Bonchev–Trinajstić information content (AvgIpc) is 2.37. The summed E-state index contributed by atoms with van der Waals surface area (Å²) in [5, 5.41) is 11.5. The van der Waals surface area contributed by atoms with Crippen molar-refractivity contribution in [2.45, 2.75) is 33.2 Å². The van der Waals surface area contributed by atoms with E-state index in [4.69, 9.17) is 5.11 Å². The summed E-state index contributed by atoms with van der Waals surface area (Å²) >= 11 is 0. The molecule has 0 aliphatic heterocycles. The highest BCUT2D eigenvalue weighted by atomic mass is 19.1. The molecule has 0 radical (unpaired) electrons. The zero-order valence-electron chi connectivity index (χ0n) is 11.8. The first kappa shape index (κ1) is 15.9. The fourth-order valence-corrected chi connectivity index (χ4v) is 1.82. The molecule has 0 bridgehead atoms. The molecule has 0 heterocycles. The Kier molecular flexibility index (Phi) is 5.49. The number of hydrogen-bond donors (Lipinski definition) is 2. The van der Waals surface area contributed by atoms with Gasteiger partial charge in [0.1, 0.15) is 5.82 Å². The number of rotatable bonds is 5. The maximum atomic E-state index is 13.1. The van der Waals surface area contributed by atoms with E-state index < -0.39 is 17.8 Å². The number of carboxylic acid groups (broad SMARTS) is 1. The Morgan fingerprint density at radius 1 is 1.40 bits per heavy atom. The third-order valence-electron chi connectivity index (χ3n) is 2.80. The first-order valence-electron chi connectivity index (χ1n) is 6.47. The van der Waals surface area contributed by atoms with Crippen LogP contribution in [-0.4, -0.2) is 34.6 Å². The van der Waals surface area contributed by atoms with Crippen LogP contribution in [0.4, 0.5) is 14.9 Å². The number of carbonyl (C=O) groups is 2. The minimum Gasteiger partial charge on any atom is -0.478 e. The van der Waals surface area contributed by atoms with Crippen molar-refractivity contribution >= 4 is 17.7 Å². The van der Waals surface area contributed by atoms with E-state index in [-0.39, 0.29) is 17.3 Å². The van der Waals surface area contributed by atoms with Gasteiger partial charge >= 0.3 is 12.0 Å². The van der Waals surface area contributed by atoms with Crippen molar-refractivity contribution in [2.75, 3.05) is 11.9 Å². The number of carbonyl (C=O) groups excluding carboxylic acids is 1. The fourth-order valence-electron chi connectivity index (χ4n) is 1.82. The number of halogens is 1. The lowest BCUT2D eigenvalue weighted by Gasteiger charge is -2.26. The number of anilines is 1. The Morgan fingerprint density at radius 2 is 2.05 bits per heavy atom. The Labute approximate surface area is 117 Å². The van der Waals surface area contributed by atoms with Gasteiger partial charge in [0.25, 0.3) is 0 Å². The Morgan fingerprint density at radius 3 is 2.55 bits per heavy atom. The molecule has 0 spiro atoms. The molecule has 0 atom stereocenters. The highest BCUT2D eigenvalue weighted by molar-refractivity contribution is 6.00. The van der Waals surface area contributed by atoms with Gasteiger partial charge in [-0.1, -0.05) is 6.92 Å². The zero-order valence-corrected chi connectivity index (χ0v) is 11.8. The third kappa shape index (κ3) is 3.94. The Bertz CT molecular complexity index is 503. The highest BCUT2D eigenvalue weighted by Gasteiger charge is 2.19. The van der Waals surface area contributed by atoms with Gasteiger partial charge in [-0.05, 0) is 38.5 Å². The molecule has 0 unspecified atom stereocenters. The molecule has 0 saturated heterocycles. The molecule has 20 heavy (non-hydrogen) atoms. The van der Waals surface area contributed by atoms with Crippen LogP contribution in [0.25, 0.3) is 0 Å². The van der Waals surface area contributed by atoms with Gasteiger partial charge in [-0.2, -0.15) is 0 Å². The lowest BCUT2D eigenvalue weighted by atomic mass is 10.1. The molecule has 6 heteroatoms. The topological polar surface area (TPSA) is 69.6 Å². The highest BCUT2D eigenvalue weighted by Crippen LogP contribution is 2.18. The molecule has 110 valence electrons. The molecule has 0 aromatic heterocycles. The van der Waals surface area contributed by atoms with Gasteiger partial charge in [0.2, 0.25) is 0 Å². The van der Waals surface area contributed by atoms with Gasteiger partial charge in [-0.3, -0.25) is 0 Å². The van der Waals surface area contributed by atoms with E-state index in [9.17, 15) is 14.0 Å². The summed E-state index contributed by atoms with van der Waals surface area (Å²) in [6.45, 7) is 6.26. The second-order valence-corrected chi connectivity index (χ2v) is 4.71. The van der Waals surface area contributed by atoms with Crippen molar-refractivity contribution in [2.24, 2.45) is 0 Å². The van der Waals surface area contributed by atoms with Crippen LogP contribution in [0.1, 0.15) is 37.6 Å². The van der Waals surface area contributed by atoms with E-state index in [2.05, 4.69) is 5.32 Å². The van der Waals surface area contributed by atoms with E-state index in [0.717, 1.165) is 18.6 Å². The summed E-state index contributed by atoms with van der Waals surface area (Å²) in [6.07, 6.45) is 0.792. The molecule has 2 amide bonds. The molecule has 1 rings (SSSR count). The van der Waals surface area contributed by atoms with Gasteiger partial charge in [0, 0.05) is 12.6 Å². The molecule has 0 saturated carbocycles. The minimum absolute atomic E-state index is 0.0105. The van der Waals surface area contributed by atoms with E-state index in [1.165, 1.54) is 6.07 Å². The minimum atomic E-state index is -1.29. The van der Waals surface area contributed by atoms with Gasteiger partial charge < -0.3 is 15.3 Å². The van der Waals surface area contributed by atoms with Gasteiger partial charge in [0.15, 0.2) is 0 Å². The first-order chi connectivity index (χ1) is 9.36. The number of amides is 2. The molecule has 5 nitrogen and oxygen atoms in total. The van der Waals surface area contributed by atoms with E-state index in [1.54, 1.807) is 4.90 Å². The number of nitrogens with zero attached hydrogens (tertiary/aromatic N) is 1. The van der Waals surface area contributed by atoms with Crippen LogP contribution >= 0.6 is 0 Å². The lowest BCUT2D eigenvalue weighted by molar-refractivity contribution is 0.0697. The SMILES string of the molecule is CCCN(C(=O)Nc1ccc(F)cc1C(=O)O)C(C)C. The van der Waals surface area contributed by atoms with Crippen LogP contribution in [0.2, 0.25) is 0 Å². The van der Waals surface area contributed by atoms with Crippen molar-refractivity contribution in [1.82, 2.24) is 4.90 Å². The van der Waals surface area contributed by atoms with Crippen molar-refractivity contribution in [3.63, 3.8) is 0 Å². The number of urea groups is 1. The molecule has 0 aliphatic rings. The van der Waals surface area contributed by atoms with Crippen LogP contribution in [0.15, 0.2) is 18.2 Å². The summed E-state index contributed by atoms with van der Waals surface area (Å²) in [5.74, 6) is -1.94. The van der Waals surface area contributed by atoms with E-state index in [0.29, 0.717) is 6.54 Å².